The van der Waals surface area contributed by atoms with Crippen LogP contribution < -0.4 is 5.73 Å². The molecule has 4 aromatic rings. The number of nitrogens with one attached hydrogen (secondary N) is 1. The lowest BCUT2D eigenvalue weighted by Gasteiger charge is -2.48. The van der Waals surface area contributed by atoms with Gasteiger partial charge in [-0.3, -0.25) is 9.69 Å². The first kappa shape index (κ1) is 22.7. The third-order valence-corrected chi connectivity index (χ3v) is 9.14. The van der Waals surface area contributed by atoms with E-state index in [9.17, 15) is 4.79 Å². The number of nitrogens with zero attached hydrogens (tertiary/aromatic N) is 4. The molecule has 2 atom stereocenters. The van der Waals surface area contributed by atoms with Crippen LogP contribution in [0, 0.1) is 13.8 Å². The Balaban J connectivity index is 1.40. The van der Waals surface area contributed by atoms with Crippen LogP contribution in [0.1, 0.15) is 60.1 Å². The fourth-order valence-corrected chi connectivity index (χ4v) is 7.67. The number of pyridine rings is 1. The lowest BCUT2D eigenvalue weighted by atomic mass is 9.82. The van der Waals surface area contributed by atoms with Crippen molar-refractivity contribution in [3.8, 4) is 11.3 Å². The number of piperidine rings is 1. The van der Waals surface area contributed by atoms with Crippen LogP contribution in [0.2, 0.25) is 0 Å². The highest BCUT2D eigenvalue weighted by molar-refractivity contribution is 7.19. The van der Waals surface area contributed by atoms with E-state index in [1.165, 1.54) is 31.9 Å². The molecule has 2 fully saturated rings. The lowest BCUT2D eigenvalue weighted by molar-refractivity contribution is -0.127. The zero-order valence-corrected chi connectivity index (χ0v) is 21.5. The summed E-state index contributed by atoms with van der Waals surface area (Å²) in [5.41, 5.74) is 12.6. The van der Waals surface area contributed by atoms with Crippen molar-refractivity contribution in [3.63, 3.8) is 0 Å². The van der Waals surface area contributed by atoms with Crippen LogP contribution in [0.15, 0.2) is 18.6 Å². The second kappa shape index (κ2) is 8.43. The quantitative estimate of drug-likeness (QED) is 0.437. The molecule has 2 saturated heterocycles. The third-order valence-electron chi connectivity index (χ3n) is 7.77. The molecule has 9 heteroatoms. The minimum Gasteiger partial charge on any atom is -0.378 e. The van der Waals surface area contributed by atoms with Gasteiger partial charge in [-0.1, -0.05) is 13.8 Å². The SMILES string of the molecule is Cc1c(C2CC3COCC(C2)N3CC(N)=O)sc2[nH]c(-c3cc(C)c4ncnn4c3)c(C(C)C)c12. The van der Waals surface area contributed by atoms with Crippen LogP contribution in [0.5, 0.6) is 0 Å². The van der Waals surface area contributed by atoms with E-state index in [1.54, 1.807) is 6.33 Å². The molecule has 2 aliphatic heterocycles. The number of aromatic amines is 1. The van der Waals surface area contributed by atoms with E-state index in [0.717, 1.165) is 29.6 Å². The monoisotopic (exact) mass is 492 g/mol. The number of ether oxygens (including phenoxy) is 1. The van der Waals surface area contributed by atoms with Gasteiger partial charge in [-0.05, 0) is 61.3 Å². The Morgan fingerprint density at radius 1 is 1.29 bits per heavy atom. The van der Waals surface area contributed by atoms with Crippen molar-refractivity contribution in [2.75, 3.05) is 19.8 Å². The van der Waals surface area contributed by atoms with Crippen molar-refractivity contribution in [2.45, 2.75) is 64.5 Å². The molecule has 0 aliphatic carbocycles. The Bertz CT molecular complexity index is 1420. The maximum absolute atomic E-state index is 11.6. The number of rotatable bonds is 5. The summed E-state index contributed by atoms with van der Waals surface area (Å²) in [5.74, 6) is 0.590. The summed E-state index contributed by atoms with van der Waals surface area (Å²) in [4.78, 5) is 24.8. The van der Waals surface area contributed by atoms with Crippen LogP contribution in [-0.2, 0) is 9.53 Å². The van der Waals surface area contributed by atoms with Crippen LogP contribution in [-0.4, -0.2) is 62.2 Å². The highest BCUT2D eigenvalue weighted by Gasteiger charge is 2.41. The number of nitrogens with two attached hydrogens (primary N) is 1. The number of carbonyl (C=O) groups is 1. The first-order chi connectivity index (χ1) is 16.8. The summed E-state index contributed by atoms with van der Waals surface area (Å²) in [5, 5.41) is 5.75. The number of fused-ring (bicyclic) bond motifs is 4. The van der Waals surface area contributed by atoms with Gasteiger partial charge < -0.3 is 15.5 Å². The zero-order valence-electron chi connectivity index (χ0n) is 20.7. The van der Waals surface area contributed by atoms with Gasteiger partial charge in [0.05, 0.1) is 25.5 Å². The molecule has 184 valence electrons. The molecule has 3 N–H and O–H groups in total. The predicted molar refractivity (Wildman–Crippen MR) is 138 cm³/mol. The molecule has 2 aliphatic rings. The van der Waals surface area contributed by atoms with Crippen LogP contribution in [0.3, 0.4) is 0 Å². The molecule has 0 spiro atoms. The average Bonchev–Trinajstić information content (AvgIpc) is 3.48. The molecule has 1 amide bonds. The molecular weight excluding hydrogens is 460 g/mol. The van der Waals surface area contributed by atoms with E-state index in [1.807, 2.05) is 15.9 Å². The largest absolute Gasteiger partial charge is 0.378 e. The van der Waals surface area contributed by atoms with E-state index in [4.69, 9.17) is 10.5 Å². The number of aryl methyl sites for hydroxylation is 2. The van der Waals surface area contributed by atoms with E-state index < -0.39 is 0 Å². The maximum atomic E-state index is 11.6. The van der Waals surface area contributed by atoms with Gasteiger partial charge in [0.1, 0.15) is 11.2 Å². The maximum Gasteiger partial charge on any atom is 0.231 e. The van der Waals surface area contributed by atoms with Crippen molar-refractivity contribution in [1.82, 2.24) is 24.5 Å². The van der Waals surface area contributed by atoms with E-state index in [2.05, 4.69) is 59.9 Å². The molecular formula is C26H32N6O2S. The number of amides is 1. The Labute approximate surface area is 208 Å². The normalized spacial score (nSPS) is 23.1. The van der Waals surface area contributed by atoms with Crippen molar-refractivity contribution in [2.24, 2.45) is 5.73 Å². The Kier molecular flexibility index (Phi) is 5.47. The summed E-state index contributed by atoms with van der Waals surface area (Å²) in [6, 6.07) is 2.70. The molecule has 2 bridgehead atoms. The first-order valence-electron chi connectivity index (χ1n) is 12.4. The molecule has 0 aromatic carbocycles. The van der Waals surface area contributed by atoms with Crippen molar-refractivity contribution in [1.29, 1.82) is 0 Å². The smallest absolute Gasteiger partial charge is 0.231 e. The summed E-state index contributed by atoms with van der Waals surface area (Å²) in [6.07, 6.45) is 5.68. The molecule has 2 unspecified atom stereocenters. The van der Waals surface area contributed by atoms with Crippen LogP contribution >= 0.6 is 11.3 Å². The molecule has 35 heavy (non-hydrogen) atoms. The van der Waals surface area contributed by atoms with Gasteiger partial charge in [-0.2, -0.15) is 5.10 Å². The van der Waals surface area contributed by atoms with E-state index >= 15 is 0 Å². The minimum absolute atomic E-state index is 0.248. The van der Waals surface area contributed by atoms with Gasteiger partial charge in [0.15, 0.2) is 5.65 Å². The number of thiophene rings is 1. The highest BCUT2D eigenvalue weighted by atomic mass is 32.1. The number of hydrogen-bond acceptors (Lipinski definition) is 6. The standard InChI is InChI=1S/C26H32N6O2S/c1-13(2)21-22-15(4)24(16-6-18-10-34-11-19(7-16)31(18)9-20(27)33)35-26(22)30-23(21)17-5-14(3)25-28-12-29-32(25)8-17/h5,8,12-13,16,18-19,30H,6-7,9-11H2,1-4H3,(H2,27,33). The first-order valence-corrected chi connectivity index (χ1v) is 13.2. The van der Waals surface area contributed by atoms with Gasteiger partial charge in [0, 0.05) is 34.1 Å². The van der Waals surface area contributed by atoms with Gasteiger partial charge in [-0.15, -0.1) is 11.3 Å². The van der Waals surface area contributed by atoms with Crippen molar-refractivity contribution >= 4 is 33.1 Å². The number of morpholine rings is 1. The molecule has 6 heterocycles. The topological polar surface area (TPSA) is 102 Å². The summed E-state index contributed by atoms with van der Waals surface area (Å²) < 4.78 is 7.71. The Morgan fingerprint density at radius 3 is 2.71 bits per heavy atom. The number of carbonyl (C=O) groups excluding carboxylic acids is 1. The molecule has 6 rings (SSSR count). The number of aromatic nitrogens is 4. The van der Waals surface area contributed by atoms with Crippen molar-refractivity contribution < 1.29 is 9.53 Å². The van der Waals surface area contributed by atoms with Gasteiger partial charge >= 0.3 is 0 Å². The van der Waals surface area contributed by atoms with Gasteiger partial charge in [0.2, 0.25) is 5.91 Å². The van der Waals surface area contributed by atoms with Gasteiger partial charge in [-0.25, -0.2) is 9.50 Å². The zero-order chi connectivity index (χ0) is 24.4. The second-order valence-corrected chi connectivity index (χ2v) is 11.5. The van der Waals surface area contributed by atoms with Crippen LogP contribution in [0.4, 0.5) is 0 Å². The molecule has 0 saturated carbocycles. The molecule has 0 radical (unpaired) electrons. The minimum atomic E-state index is -0.255. The predicted octanol–water partition coefficient (Wildman–Crippen LogP) is 4.11. The Morgan fingerprint density at radius 2 is 2.03 bits per heavy atom. The summed E-state index contributed by atoms with van der Waals surface area (Å²) in [6.45, 7) is 10.6. The molecule has 8 nitrogen and oxygen atoms in total. The number of primary amides is 1. The summed E-state index contributed by atoms with van der Waals surface area (Å²) in [7, 11) is 0. The van der Waals surface area contributed by atoms with Gasteiger partial charge in [0.25, 0.3) is 0 Å². The average molecular weight is 493 g/mol. The fourth-order valence-electron chi connectivity index (χ4n) is 6.32. The Hall–Kier alpha value is -2.75. The lowest BCUT2D eigenvalue weighted by Crippen LogP contribution is -2.58. The van der Waals surface area contributed by atoms with E-state index in [-0.39, 0.29) is 18.0 Å². The van der Waals surface area contributed by atoms with E-state index in [0.29, 0.717) is 31.6 Å². The number of H-pyrrole nitrogens is 1. The number of hydrogen-bond donors (Lipinski definition) is 2. The van der Waals surface area contributed by atoms with Crippen LogP contribution in [0.25, 0.3) is 27.1 Å². The highest BCUT2D eigenvalue weighted by Crippen LogP contribution is 2.47. The fraction of sp³-hybridized carbons (Fsp3) is 0.500. The third kappa shape index (κ3) is 3.68. The second-order valence-electron chi connectivity index (χ2n) is 10.5. The van der Waals surface area contributed by atoms with Crippen molar-refractivity contribution in [3.05, 3.63) is 40.2 Å². The molecule has 4 aromatic heterocycles. The summed E-state index contributed by atoms with van der Waals surface area (Å²) >= 11 is 1.90.